The summed E-state index contributed by atoms with van der Waals surface area (Å²) in [7, 11) is 2.21. The van der Waals surface area contributed by atoms with Crippen molar-refractivity contribution >= 4 is 11.5 Å². The van der Waals surface area contributed by atoms with Gasteiger partial charge < -0.3 is 10.6 Å². The molecule has 0 radical (unpaired) electrons. The largest absolute Gasteiger partial charge is 0.394 e. The normalized spacial score (nSPS) is 21.6. The van der Waals surface area contributed by atoms with Crippen molar-refractivity contribution in [3.63, 3.8) is 0 Å². The Hall–Kier alpha value is -1.23. The van der Waals surface area contributed by atoms with Gasteiger partial charge in [0.1, 0.15) is 0 Å². The molecule has 1 unspecified atom stereocenters. The number of anilines is 2. The summed E-state index contributed by atoms with van der Waals surface area (Å²) in [6.07, 6.45) is 1.17. The number of likely N-dealkylation sites (N-methyl/N-ethyl adjacent to an activating group) is 1. The first-order chi connectivity index (χ1) is 8.58. The molecule has 1 aromatic rings. The van der Waals surface area contributed by atoms with Crippen molar-refractivity contribution in [1.82, 2.24) is 14.7 Å². The molecule has 0 spiro atoms. The highest BCUT2D eigenvalue weighted by molar-refractivity contribution is 5.66. The first-order valence-electron chi connectivity index (χ1n) is 6.86. The Morgan fingerprint density at radius 1 is 1.33 bits per heavy atom. The molecule has 1 aromatic heterocycles. The molecule has 1 fully saturated rings. The zero-order chi connectivity index (χ0) is 13.3. The van der Waals surface area contributed by atoms with Crippen LogP contribution in [0.4, 0.5) is 11.5 Å². The second kappa shape index (κ2) is 5.18. The zero-order valence-corrected chi connectivity index (χ0v) is 12.0. The second-order valence-corrected chi connectivity index (χ2v) is 5.13. The Labute approximate surface area is 110 Å². The Balaban J connectivity index is 2.26. The van der Waals surface area contributed by atoms with Crippen molar-refractivity contribution < 1.29 is 0 Å². The standard InChI is InChI=1S/C13H25N5/c1-5-11-9-17(8-7-16(11)4)13-12(14)10(3)15-18(13)6-2/h11H,5-9,14H2,1-4H3. The molecule has 0 bridgehead atoms. The fourth-order valence-corrected chi connectivity index (χ4v) is 2.72. The van der Waals surface area contributed by atoms with Crippen LogP contribution in [0.25, 0.3) is 0 Å². The van der Waals surface area contributed by atoms with E-state index in [4.69, 9.17) is 5.73 Å². The van der Waals surface area contributed by atoms with Crippen LogP contribution in [-0.4, -0.2) is 47.4 Å². The summed E-state index contributed by atoms with van der Waals surface area (Å²) >= 11 is 0. The maximum atomic E-state index is 6.19. The van der Waals surface area contributed by atoms with Gasteiger partial charge in [0, 0.05) is 32.2 Å². The van der Waals surface area contributed by atoms with Crippen molar-refractivity contribution in [1.29, 1.82) is 0 Å². The number of hydrogen-bond donors (Lipinski definition) is 1. The number of nitrogens with two attached hydrogens (primary N) is 1. The van der Waals surface area contributed by atoms with Gasteiger partial charge in [-0.3, -0.25) is 4.90 Å². The molecule has 1 saturated heterocycles. The highest BCUT2D eigenvalue weighted by atomic mass is 15.4. The van der Waals surface area contributed by atoms with Gasteiger partial charge in [0.2, 0.25) is 0 Å². The van der Waals surface area contributed by atoms with Crippen LogP contribution >= 0.6 is 0 Å². The van der Waals surface area contributed by atoms with Crippen LogP contribution in [0.1, 0.15) is 26.0 Å². The minimum atomic E-state index is 0.610. The van der Waals surface area contributed by atoms with Crippen LogP contribution in [0.2, 0.25) is 0 Å². The third kappa shape index (κ3) is 2.19. The van der Waals surface area contributed by atoms with Crippen molar-refractivity contribution in [3.05, 3.63) is 5.69 Å². The molecule has 0 saturated carbocycles. The molecule has 18 heavy (non-hydrogen) atoms. The quantitative estimate of drug-likeness (QED) is 0.880. The lowest BCUT2D eigenvalue weighted by molar-refractivity contribution is 0.212. The highest BCUT2D eigenvalue weighted by Gasteiger charge is 2.27. The number of hydrogen-bond acceptors (Lipinski definition) is 4. The fourth-order valence-electron chi connectivity index (χ4n) is 2.72. The fraction of sp³-hybridized carbons (Fsp3) is 0.769. The van der Waals surface area contributed by atoms with Gasteiger partial charge in [0.15, 0.2) is 5.82 Å². The average Bonchev–Trinajstić information content (AvgIpc) is 2.66. The highest BCUT2D eigenvalue weighted by Crippen LogP contribution is 2.28. The monoisotopic (exact) mass is 251 g/mol. The van der Waals surface area contributed by atoms with Crippen LogP contribution in [-0.2, 0) is 6.54 Å². The Morgan fingerprint density at radius 3 is 2.67 bits per heavy atom. The molecule has 102 valence electrons. The van der Waals surface area contributed by atoms with Gasteiger partial charge in [-0.25, -0.2) is 4.68 Å². The molecule has 2 heterocycles. The molecule has 5 nitrogen and oxygen atoms in total. The SMILES string of the molecule is CCC1CN(c2c(N)c(C)nn2CC)CCN1C. The lowest BCUT2D eigenvalue weighted by atomic mass is 10.1. The summed E-state index contributed by atoms with van der Waals surface area (Å²) in [5, 5.41) is 4.51. The molecule has 0 aliphatic carbocycles. The molecule has 0 amide bonds. The predicted octanol–water partition coefficient (Wildman–Crippen LogP) is 1.32. The topological polar surface area (TPSA) is 50.3 Å². The summed E-state index contributed by atoms with van der Waals surface area (Å²) in [4.78, 5) is 4.83. The van der Waals surface area contributed by atoms with E-state index >= 15 is 0 Å². The Bertz CT molecular complexity index is 412. The number of rotatable bonds is 3. The van der Waals surface area contributed by atoms with Crippen LogP contribution in [0.5, 0.6) is 0 Å². The van der Waals surface area contributed by atoms with Gasteiger partial charge >= 0.3 is 0 Å². The molecule has 0 aromatic carbocycles. The molecule has 5 heteroatoms. The van der Waals surface area contributed by atoms with E-state index in [0.29, 0.717) is 6.04 Å². The summed E-state index contributed by atoms with van der Waals surface area (Å²) < 4.78 is 2.03. The van der Waals surface area contributed by atoms with E-state index in [1.54, 1.807) is 0 Å². The molecule has 1 atom stereocenters. The van der Waals surface area contributed by atoms with E-state index in [1.165, 1.54) is 6.42 Å². The summed E-state index contributed by atoms with van der Waals surface area (Å²) in [6.45, 7) is 10.4. The molecular weight excluding hydrogens is 226 g/mol. The first kappa shape index (κ1) is 13.2. The van der Waals surface area contributed by atoms with Gasteiger partial charge in [-0.1, -0.05) is 6.92 Å². The maximum absolute atomic E-state index is 6.19. The van der Waals surface area contributed by atoms with E-state index in [1.807, 2.05) is 11.6 Å². The molecular formula is C13H25N5. The summed E-state index contributed by atoms with van der Waals surface area (Å²) in [6, 6.07) is 0.610. The average molecular weight is 251 g/mol. The molecule has 2 N–H and O–H groups in total. The maximum Gasteiger partial charge on any atom is 0.150 e. The zero-order valence-electron chi connectivity index (χ0n) is 12.0. The van der Waals surface area contributed by atoms with Crippen LogP contribution < -0.4 is 10.6 Å². The minimum absolute atomic E-state index is 0.610. The third-order valence-electron chi connectivity index (χ3n) is 3.99. The van der Waals surface area contributed by atoms with Gasteiger partial charge in [-0.15, -0.1) is 0 Å². The predicted molar refractivity (Wildman–Crippen MR) is 76.0 cm³/mol. The van der Waals surface area contributed by atoms with Crippen LogP contribution in [0.15, 0.2) is 0 Å². The van der Waals surface area contributed by atoms with Gasteiger partial charge in [-0.2, -0.15) is 5.10 Å². The lowest BCUT2D eigenvalue weighted by Gasteiger charge is -2.40. The number of aromatic nitrogens is 2. The molecule has 1 aliphatic rings. The lowest BCUT2D eigenvalue weighted by Crippen LogP contribution is -2.51. The van der Waals surface area contributed by atoms with Crippen molar-refractivity contribution in [3.8, 4) is 0 Å². The third-order valence-corrected chi connectivity index (χ3v) is 3.99. The van der Waals surface area contributed by atoms with Crippen LogP contribution in [0, 0.1) is 6.92 Å². The summed E-state index contributed by atoms with van der Waals surface area (Å²) in [5.74, 6) is 1.11. The number of piperazine rings is 1. The molecule has 1 aliphatic heterocycles. The van der Waals surface area contributed by atoms with E-state index in [-0.39, 0.29) is 0 Å². The van der Waals surface area contributed by atoms with Crippen LogP contribution in [0.3, 0.4) is 0 Å². The van der Waals surface area contributed by atoms with Crippen molar-refractivity contribution in [2.24, 2.45) is 0 Å². The summed E-state index contributed by atoms with van der Waals surface area (Å²) in [5.41, 5.74) is 7.98. The number of aryl methyl sites for hydroxylation is 2. The van der Waals surface area contributed by atoms with E-state index < -0.39 is 0 Å². The number of nitrogen functional groups attached to an aromatic ring is 1. The Kier molecular flexibility index (Phi) is 3.80. The van der Waals surface area contributed by atoms with E-state index in [9.17, 15) is 0 Å². The minimum Gasteiger partial charge on any atom is -0.394 e. The van der Waals surface area contributed by atoms with Gasteiger partial charge in [0.25, 0.3) is 0 Å². The Morgan fingerprint density at radius 2 is 2.06 bits per heavy atom. The van der Waals surface area contributed by atoms with Gasteiger partial charge in [0.05, 0.1) is 11.4 Å². The smallest absolute Gasteiger partial charge is 0.150 e. The second-order valence-electron chi connectivity index (χ2n) is 5.13. The van der Waals surface area contributed by atoms with E-state index in [0.717, 1.165) is 43.4 Å². The van der Waals surface area contributed by atoms with E-state index in [2.05, 4.69) is 35.8 Å². The first-order valence-corrected chi connectivity index (χ1v) is 6.86. The van der Waals surface area contributed by atoms with Gasteiger partial charge in [-0.05, 0) is 27.3 Å². The van der Waals surface area contributed by atoms with Crippen molar-refractivity contribution in [2.45, 2.75) is 39.8 Å². The number of nitrogens with zero attached hydrogens (tertiary/aromatic N) is 4. The van der Waals surface area contributed by atoms with Crippen molar-refractivity contribution in [2.75, 3.05) is 37.3 Å². The molecule has 2 rings (SSSR count).